The lowest BCUT2D eigenvalue weighted by molar-refractivity contribution is 0.0132. The maximum Gasteiger partial charge on any atom is 0.191 e. The van der Waals surface area contributed by atoms with Gasteiger partial charge in [0.15, 0.2) is 5.96 Å². The van der Waals surface area contributed by atoms with Gasteiger partial charge < -0.3 is 15.4 Å². The van der Waals surface area contributed by atoms with Gasteiger partial charge in [-0.2, -0.15) is 5.10 Å². The Bertz CT molecular complexity index is 758. The van der Waals surface area contributed by atoms with Crippen LogP contribution in [0, 0.1) is 5.92 Å². The Morgan fingerprint density at radius 1 is 1.17 bits per heavy atom. The van der Waals surface area contributed by atoms with Crippen LogP contribution in [0.3, 0.4) is 0 Å². The van der Waals surface area contributed by atoms with Gasteiger partial charge in [0.05, 0.1) is 25.1 Å². The van der Waals surface area contributed by atoms with Crippen LogP contribution in [0.1, 0.15) is 25.8 Å². The number of morpholine rings is 1. The van der Waals surface area contributed by atoms with Crippen molar-refractivity contribution in [2.24, 2.45) is 10.9 Å². The molecule has 0 amide bonds. The molecule has 0 spiro atoms. The molecule has 1 aromatic heterocycles. The zero-order valence-corrected chi connectivity index (χ0v) is 20.6. The number of hydrogen-bond acceptors (Lipinski definition) is 4. The van der Waals surface area contributed by atoms with Gasteiger partial charge in [0, 0.05) is 51.0 Å². The van der Waals surface area contributed by atoms with E-state index in [4.69, 9.17) is 4.74 Å². The standard InChI is InChI=1S/C22H34N6O.HI/c1-18(2)13-21(27-9-11-29-12-10-27)16-25-22(23-3)24-14-19-15-26-28(17-19)20-7-5-4-6-8-20;/h4-8,15,17-18,21H,9-14,16H2,1-3H3,(H2,23,24,25);1H. The number of aromatic nitrogens is 2. The molecule has 0 radical (unpaired) electrons. The largest absolute Gasteiger partial charge is 0.379 e. The molecule has 1 fully saturated rings. The Morgan fingerprint density at radius 2 is 1.90 bits per heavy atom. The topological polar surface area (TPSA) is 66.7 Å². The number of hydrogen-bond donors (Lipinski definition) is 2. The number of benzene rings is 1. The molecule has 8 heteroatoms. The maximum absolute atomic E-state index is 5.52. The second-order valence-corrected chi connectivity index (χ2v) is 7.87. The molecule has 1 aliphatic heterocycles. The highest BCUT2D eigenvalue weighted by atomic mass is 127. The summed E-state index contributed by atoms with van der Waals surface area (Å²) in [5.41, 5.74) is 2.17. The fourth-order valence-corrected chi connectivity index (χ4v) is 3.64. The lowest BCUT2D eigenvalue weighted by atomic mass is 10.0. The fraction of sp³-hybridized carbons (Fsp3) is 0.545. The van der Waals surface area contributed by atoms with Crippen LogP contribution in [-0.2, 0) is 11.3 Å². The Hall–Kier alpha value is -1.65. The lowest BCUT2D eigenvalue weighted by Crippen LogP contribution is -2.50. The molecule has 166 valence electrons. The lowest BCUT2D eigenvalue weighted by Gasteiger charge is -2.35. The van der Waals surface area contributed by atoms with Crippen molar-refractivity contribution >= 4 is 29.9 Å². The van der Waals surface area contributed by atoms with Gasteiger partial charge in [0.25, 0.3) is 0 Å². The third kappa shape index (κ3) is 7.55. The summed E-state index contributed by atoms with van der Waals surface area (Å²) >= 11 is 0. The van der Waals surface area contributed by atoms with Gasteiger partial charge in [0.1, 0.15) is 0 Å². The van der Waals surface area contributed by atoms with E-state index in [1.54, 1.807) is 0 Å². The zero-order valence-electron chi connectivity index (χ0n) is 18.3. The fourth-order valence-electron chi connectivity index (χ4n) is 3.64. The molecule has 0 bridgehead atoms. The first kappa shape index (κ1) is 24.6. The number of nitrogens with one attached hydrogen (secondary N) is 2. The minimum Gasteiger partial charge on any atom is -0.379 e. The number of rotatable bonds is 8. The monoisotopic (exact) mass is 526 g/mol. The summed E-state index contributed by atoms with van der Waals surface area (Å²) in [4.78, 5) is 6.92. The maximum atomic E-state index is 5.52. The average molecular weight is 526 g/mol. The summed E-state index contributed by atoms with van der Waals surface area (Å²) in [6.07, 6.45) is 5.10. The Kier molecular flexibility index (Phi) is 10.6. The first-order valence-corrected chi connectivity index (χ1v) is 10.5. The third-order valence-corrected chi connectivity index (χ3v) is 5.15. The second-order valence-electron chi connectivity index (χ2n) is 7.87. The molecule has 1 aromatic carbocycles. The van der Waals surface area contributed by atoms with E-state index in [1.807, 2.05) is 54.5 Å². The zero-order chi connectivity index (χ0) is 20.5. The summed E-state index contributed by atoms with van der Waals surface area (Å²) in [7, 11) is 1.81. The molecule has 2 heterocycles. The van der Waals surface area contributed by atoms with Crippen molar-refractivity contribution in [3.8, 4) is 5.69 Å². The summed E-state index contributed by atoms with van der Waals surface area (Å²) in [6, 6.07) is 10.6. The molecule has 0 aliphatic carbocycles. The van der Waals surface area contributed by atoms with Crippen LogP contribution in [-0.4, -0.2) is 66.6 Å². The Balaban J connectivity index is 0.00000320. The molecule has 30 heavy (non-hydrogen) atoms. The van der Waals surface area contributed by atoms with E-state index < -0.39 is 0 Å². The van der Waals surface area contributed by atoms with Crippen LogP contribution in [0.5, 0.6) is 0 Å². The van der Waals surface area contributed by atoms with Crippen molar-refractivity contribution in [1.29, 1.82) is 0 Å². The number of nitrogens with zero attached hydrogens (tertiary/aromatic N) is 4. The van der Waals surface area contributed by atoms with Gasteiger partial charge >= 0.3 is 0 Å². The number of ether oxygens (including phenoxy) is 1. The van der Waals surface area contributed by atoms with Crippen molar-refractivity contribution in [2.45, 2.75) is 32.9 Å². The number of para-hydroxylation sites is 1. The predicted octanol–water partition coefficient (Wildman–Crippen LogP) is 2.90. The van der Waals surface area contributed by atoms with Gasteiger partial charge in [0.2, 0.25) is 0 Å². The van der Waals surface area contributed by atoms with E-state index in [0.717, 1.165) is 56.5 Å². The highest BCUT2D eigenvalue weighted by Crippen LogP contribution is 2.13. The molecule has 3 rings (SSSR count). The summed E-state index contributed by atoms with van der Waals surface area (Å²) < 4.78 is 7.41. The third-order valence-electron chi connectivity index (χ3n) is 5.15. The van der Waals surface area contributed by atoms with Crippen LogP contribution in [0.4, 0.5) is 0 Å². The van der Waals surface area contributed by atoms with Crippen molar-refractivity contribution in [2.75, 3.05) is 39.9 Å². The van der Waals surface area contributed by atoms with E-state index in [0.29, 0.717) is 18.5 Å². The highest BCUT2D eigenvalue weighted by molar-refractivity contribution is 14.0. The van der Waals surface area contributed by atoms with Gasteiger partial charge in [-0.3, -0.25) is 9.89 Å². The molecule has 1 saturated heterocycles. The van der Waals surface area contributed by atoms with Crippen molar-refractivity contribution < 1.29 is 4.74 Å². The van der Waals surface area contributed by atoms with Crippen molar-refractivity contribution in [3.05, 3.63) is 48.3 Å². The van der Waals surface area contributed by atoms with Crippen molar-refractivity contribution in [1.82, 2.24) is 25.3 Å². The van der Waals surface area contributed by atoms with Crippen LogP contribution >= 0.6 is 24.0 Å². The van der Waals surface area contributed by atoms with Gasteiger partial charge in [-0.15, -0.1) is 24.0 Å². The summed E-state index contributed by atoms with van der Waals surface area (Å²) in [6.45, 7) is 9.78. The first-order chi connectivity index (χ1) is 14.2. The Morgan fingerprint density at radius 3 is 2.57 bits per heavy atom. The number of halogens is 1. The number of aliphatic imine (C=N–C) groups is 1. The second kappa shape index (κ2) is 12.9. The van der Waals surface area contributed by atoms with E-state index in [-0.39, 0.29) is 24.0 Å². The predicted molar refractivity (Wildman–Crippen MR) is 133 cm³/mol. The van der Waals surface area contributed by atoms with Crippen LogP contribution in [0.15, 0.2) is 47.7 Å². The van der Waals surface area contributed by atoms with Gasteiger partial charge in [-0.1, -0.05) is 32.0 Å². The Labute approximate surface area is 197 Å². The summed E-state index contributed by atoms with van der Waals surface area (Å²) in [5.74, 6) is 1.47. The first-order valence-electron chi connectivity index (χ1n) is 10.5. The molecule has 1 atom stereocenters. The van der Waals surface area contributed by atoms with Gasteiger partial charge in [-0.05, 0) is 24.5 Å². The van der Waals surface area contributed by atoms with Crippen molar-refractivity contribution in [3.63, 3.8) is 0 Å². The molecular formula is C22H35IN6O. The minimum absolute atomic E-state index is 0. The summed E-state index contributed by atoms with van der Waals surface area (Å²) in [5, 5.41) is 11.4. The molecular weight excluding hydrogens is 491 g/mol. The quantitative estimate of drug-likeness (QED) is 0.315. The molecule has 2 aromatic rings. The number of guanidine groups is 1. The van der Waals surface area contributed by atoms with Crippen LogP contribution in [0.25, 0.3) is 5.69 Å². The van der Waals surface area contributed by atoms with E-state index in [1.165, 1.54) is 0 Å². The normalized spacial score (nSPS) is 16.2. The van der Waals surface area contributed by atoms with E-state index in [9.17, 15) is 0 Å². The molecule has 7 nitrogen and oxygen atoms in total. The van der Waals surface area contributed by atoms with Gasteiger partial charge in [-0.25, -0.2) is 4.68 Å². The smallest absolute Gasteiger partial charge is 0.191 e. The van der Waals surface area contributed by atoms with E-state index in [2.05, 4.69) is 39.5 Å². The minimum atomic E-state index is 0. The van der Waals surface area contributed by atoms with Crippen LogP contribution < -0.4 is 10.6 Å². The SMILES string of the molecule is CN=C(NCc1cnn(-c2ccccc2)c1)NCC(CC(C)C)N1CCOCC1.I. The molecule has 1 unspecified atom stereocenters. The highest BCUT2D eigenvalue weighted by Gasteiger charge is 2.22. The van der Waals surface area contributed by atoms with E-state index >= 15 is 0 Å². The molecule has 2 N–H and O–H groups in total. The molecule has 0 saturated carbocycles. The molecule has 1 aliphatic rings. The van der Waals surface area contributed by atoms with Crippen LogP contribution in [0.2, 0.25) is 0 Å². The average Bonchev–Trinajstić information content (AvgIpc) is 3.23.